The molecule has 2 aromatic carbocycles. The first-order valence-electron chi connectivity index (χ1n) is 9.65. The fourth-order valence-corrected chi connectivity index (χ4v) is 7.17. The van der Waals surface area contributed by atoms with Crippen molar-refractivity contribution in [3.05, 3.63) is 57.6 Å². The number of anilines is 2. The summed E-state index contributed by atoms with van der Waals surface area (Å²) in [7, 11) is -3.17. The van der Waals surface area contributed by atoms with Crippen molar-refractivity contribution < 1.29 is 13.2 Å². The Morgan fingerprint density at radius 3 is 2.55 bits per heavy atom. The Morgan fingerprint density at radius 1 is 1.16 bits per heavy atom. The van der Waals surface area contributed by atoms with Gasteiger partial charge in [0.25, 0.3) is 0 Å². The molecule has 1 fully saturated rings. The Bertz CT molecular complexity index is 1160. The van der Waals surface area contributed by atoms with Gasteiger partial charge in [0.05, 0.1) is 29.3 Å². The highest BCUT2D eigenvalue weighted by Crippen LogP contribution is 2.37. The van der Waals surface area contributed by atoms with E-state index in [0.29, 0.717) is 20.9 Å². The minimum absolute atomic E-state index is 0.00127. The van der Waals surface area contributed by atoms with Gasteiger partial charge in [-0.15, -0.1) is 0 Å². The van der Waals surface area contributed by atoms with Gasteiger partial charge in [0.1, 0.15) is 0 Å². The molecule has 0 radical (unpaired) electrons. The van der Waals surface area contributed by atoms with Crippen LogP contribution >= 0.6 is 35.0 Å². The quantitative estimate of drug-likeness (QED) is 0.679. The Morgan fingerprint density at radius 2 is 1.87 bits per heavy atom. The molecule has 0 spiro atoms. The van der Waals surface area contributed by atoms with Gasteiger partial charge in [-0.3, -0.25) is 9.79 Å². The molecule has 2 aromatic rings. The summed E-state index contributed by atoms with van der Waals surface area (Å²) in [6, 6.07) is 10.2. The van der Waals surface area contributed by atoms with Crippen molar-refractivity contribution in [3.8, 4) is 0 Å². The molecule has 10 heteroatoms. The van der Waals surface area contributed by atoms with Gasteiger partial charge >= 0.3 is 0 Å². The lowest BCUT2D eigenvalue weighted by Crippen LogP contribution is -2.39. The predicted octanol–water partition coefficient (Wildman–Crippen LogP) is 4.32. The van der Waals surface area contributed by atoms with E-state index in [1.165, 1.54) is 11.8 Å². The molecule has 4 rings (SSSR count). The number of benzene rings is 2. The summed E-state index contributed by atoms with van der Waals surface area (Å²) in [5.41, 5.74) is 3.56. The summed E-state index contributed by atoms with van der Waals surface area (Å²) < 4.78 is 24.3. The molecule has 0 bridgehead atoms. The van der Waals surface area contributed by atoms with Crippen molar-refractivity contribution in [2.45, 2.75) is 25.9 Å². The summed E-state index contributed by atoms with van der Waals surface area (Å²) in [4.78, 5) is 19.0. The van der Waals surface area contributed by atoms with Crippen LogP contribution in [0.1, 0.15) is 11.1 Å². The Balaban J connectivity index is 1.53. The first kappa shape index (κ1) is 22.5. The second-order valence-electron chi connectivity index (χ2n) is 7.78. The molecule has 31 heavy (non-hydrogen) atoms. The van der Waals surface area contributed by atoms with Crippen LogP contribution in [-0.4, -0.2) is 48.8 Å². The lowest BCUT2D eigenvalue weighted by atomic mass is 10.1. The number of nitrogens with one attached hydrogen (secondary N) is 1. The van der Waals surface area contributed by atoms with E-state index >= 15 is 0 Å². The Hall–Kier alpha value is -1.74. The van der Waals surface area contributed by atoms with Crippen LogP contribution in [0.5, 0.6) is 0 Å². The number of amides is 1. The highest BCUT2D eigenvalue weighted by molar-refractivity contribution is 8.14. The second-order valence-corrected chi connectivity index (χ2v) is 11.7. The number of rotatable bonds is 4. The van der Waals surface area contributed by atoms with Crippen LogP contribution in [0.2, 0.25) is 10.0 Å². The molecule has 6 nitrogen and oxygen atoms in total. The summed E-state index contributed by atoms with van der Waals surface area (Å²) in [5.74, 6) is -0.0115. The van der Waals surface area contributed by atoms with E-state index < -0.39 is 9.84 Å². The third kappa shape index (κ3) is 5.03. The molecule has 0 unspecified atom stereocenters. The maximum absolute atomic E-state index is 12.6. The average Bonchev–Trinajstić information content (AvgIpc) is 3.12. The molecule has 0 saturated carbocycles. The van der Waals surface area contributed by atoms with Gasteiger partial charge < -0.3 is 10.2 Å². The SMILES string of the molecule is Cc1ccc(NC(=O)CSC2=N[C@@H]3CS(=O)(=O)C[C@H]3N2c2cc(Cl)cc(Cl)c2)c(C)c1. The Kier molecular flexibility index (Phi) is 6.27. The van der Waals surface area contributed by atoms with Gasteiger partial charge in [0.2, 0.25) is 5.91 Å². The molecule has 1 amide bonds. The standard InChI is InChI=1S/C21H21Cl2N3O3S2/c1-12-3-4-17(13(2)5-12)24-20(27)9-30-21-25-18-10-31(28,29)11-19(18)26(21)16-7-14(22)6-15(23)8-16/h3-8,18-19H,9-11H2,1-2H3,(H,24,27)/t18-,19-/m1/s1. The van der Waals surface area contributed by atoms with Gasteiger partial charge in [0, 0.05) is 21.4 Å². The molecule has 2 aliphatic heterocycles. The van der Waals surface area contributed by atoms with Crippen LogP contribution < -0.4 is 10.2 Å². The lowest BCUT2D eigenvalue weighted by Gasteiger charge is -2.26. The molecule has 0 aliphatic carbocycles. The summed E-state index contributed by atoms with van der Waals surface area (Å²) >= 11 is 13.6. The molecular weight excluding hydrogens is 477 g/mol. The fraction of sp³-hybridized carbons (Fsp3) is 0.333. The number of nitrogens with zero attached hydrogens (tertiary/aromatic N) is 2. The number of thioether (sulfide) groups is 1. The predicted molar refractivity (Wildman–Crippen MR) is 130 cm³/mol. The van der Waals surface area contributed by atoms with Gasteiger partial charge in [-0.1, -0.05) is 52.7 Å². The molecule has 164 valence electrons. The van der Waals surface area contributed by atoms with Crippen LogP contribution in [0.25, 0.3) is 0 Å². The molecule has 0 aromatic heterocycles. The van der Waals surface area contributed by atoms with Crippen LogP contribution in [0.15, 0.2) is 41.4 Å². The highest BCUT2D eigenvalue weighted by Gasteiger charge is 2.47. The third-order valence-corrected chi connectivity index (χ3v) is 8.32. The van der Waals surface area contributed by atoms with Crippen LogP contribution in [0.4, 0.5) is 11.4 Å². The highest BCUT2D eigenvalue weighted by atomic mass is 35.5. The van der Waals surface area contributed by atoms with Crippen molar-refractivity contribution in [3.63, 3.8) is 0 Å². The molecule has 1 saturated heterocycles. The van der Waals surface area contributed by atoms with Gasteiger partial charge in [-0.25, -0.2) is 8.42 Å². The summed E-state index contributed by atoms with van der Waals surface area (Å²) in [5, 5.41) is 4.42. The van der Waals surface area contributed by atoms with E-state index in [2.05, 4.69) is 10.3 Å². The first-order valence-corrected chi connectivity index (χ1v) is 13.2. The third-order valence-electron chi connectivity index (χ3n) is 5.22. The van der Waals surface area contributed by atoms with Crippen LogP contribution in [0.3, 0.4) is 0 Å². The van der Waals surface area contributed by atoms with Gasteiger partial charge in [-0.2, -0.15) is 0 Å². The van der Waals surface area contributed by atoms with E-state index in [-0.39, 0.29) is 35.2 Å². The van der Waals surface area contributed by atoms with E-state index in [0.717, 1.165) is 16.8 Å². The first-order chi connectivity index (χ1) is 14.6. The number of halogens is 2. The average molecular weight is 498 g/mol. The van der Waals surface area contributed by atoms with E-state index in [4.69, 9.17) is 23.2 Å². The van der Waals surface area contributed by atoms with Crippen LogP contribution in [0, 0.1) is 13.8 Å². The zero-order chi connectivity index (χ0) is 22.3. The number of amidine groups is 1. The summed E-state index contributed by atoms with van der Waals surface area (Å²) in [6.07, 6.45) is 0. The number of hydrogen-bond donors (Lipinski definition) is 1. The van der Waals surface area contributed by atoms with E-state index in [1.807, 2.05) is 36.9 Å². The monoisotopic (exact) mass is 497 g/mol. The lowest BCUT2D eigenvalue weighted by molar-refractivity contribution is -0.113. The van der Waals surface area contributed by atoms with Crippen molar-refractivity contribution in [1.29, 1.82) is 0 Å². The van der Waals surface area contributed by atoms with Crippen molar-refractivity contribution in [2.24, 2.45) is 4.99 Å². The zero-order valence-electron chi connectivity index (χ0n) is 16.9. The summed E-state index contributed by atoms with van der Waals surface area (Å²) in [6.45, 7) is 3.95. The number of aliphatic imine (C=N–C) groups is 1. The maximum Gasteiger partial charge on any atom is 0.234 e. The van der Waals surface area contributed by atoms with Crippen LogP contribution in [-0.2, 0) is 14.6 Å². The number of carbonyl (C=O) groups is 1. The topological polar surface area (TPSA) is 78.8 Å². The minimum Gasteiger partial charge on any atom is -0.325 e. The molecular formula is C21H21Cl2N3O3S2. The second kappa shape index (κ2) is 8.65. The normalized spacial score (nSPS) is 21.7. The largest absolute Gasteiger partial charge is 0.325 e. The van der Waals surface area contributed by atoms with Crippen molar-refractivity contribution in [1.82, 2.24) is 0 Å². The molecule has 2 atom stereocenters. The number of carbonyl (C=O) groups excluding carboxylic acids is 1. The number of aryl methyl sites for hydroxylation is 2. The molecule has 2 aliphatic rings. The molecule has 2 heterocycles. The van der Waals surface area contributed by atoms with Gasteiger partial charge in [0.15, 0.2) is 15.0 Å². The van der Waals surface area contributed by atoms with E-state index in [1.54, 1.807) is 18.2 Å². The number of sulfone groups is 1. The fourth-order valence-electron chi connectivity index (χ4n) is 3.88. The minimum atomic E-state index is -3.17. The zero-order valence-corrected chi connectivity index (χ0v) is 20.1. The number of fused-ring (bicyclic) bond motifs is 1. The van der Waals surface area contributed by atoms with Gasteiger partial charge in [-0.05, 0) is 43.7 Å². The number of hydrogen-bond acceptors (Lipinski definition) is 6. The maximum atomic E-state index is 12.6. The molecule has 1 N–H and O–H groups in total. The van der Waals surface area contributed by atoms with Crippen molar-refractivity contribution >= 4 is 67.3 Å². The Labute approximate surface area is 195 Å². The van der Waals surface area contributed by atoms with Crippen molar-refractivity contribution in [2.75, 3.05) is 27.5 Å². The van der Waals surface area contributed by atoms with E-state index in [9.17, 15) is 13.2 Å². The smallest absolute Gasteiger partial charge is 0.234 e.